The fourth-order valence-electron chi connectivity index (χ4n) is 2.95. The molecule has 1 aliphatic rings. The predicted molar refractivity (Wildman–Crippen MR) is 85.5 cm³/mol. The van der Waals surface area contributed by atoms with Crippen molar-refractivity contribution in [2.75, 3.05) is 5.32 Å². The maximum Gasteiger partial charge on any atom is 0.253 e. The number of alkyl halides is 2. The van der Waals surface area contributed by atoms with E-state index in [1.165, 1.54) is 0 Å². The first-order valence-corrected chi connectivity index (χ1v) is 7.98. The number of hydrogen-bond acceptors (Lipinski definition) is 5. The van der Waals surface area contributed by atoms with Gasteiger partial charge < -0.3 is 10.4 Å². The smallest absolute Gasteiger partial charge is 0.253 e. The third-order valence-corrected chi connectivity index (χ3v) is 4.12. The number of aryl methyl sites for hydroxylation is 2. The molecule has 24 heavy (non-hydrogen) atoms. The van der Waals surface area contributed by atoms with Gasteiger partial charge in [-0.3, -0.25) is 0 Å². The highest BCUT2D eigenvalue weighted by molar-refractivity contribution is 5.41. The lowest BCUT2D eigenvalue weighted by Gasteiger charge is -2.16. The number of halogens is 2. The molecular weight excluding hydrogens is 316 g/mol. The molecule has 1 saturated carbocycles. The summed E-state index contributed by atoms with van der Waals surface area (Å²) >= 11 is 0. The summed E-state index contributed by atoms with van der Waals surface area (Å²) in [6.07, 6.45) is -0.746. The first kappa shape index (κ1) is 16.8. The van der Waals surface area contributed by atoms with Gasteiger partial charge in [0.15, 0.2) is 0 Å². The molecule has 2 atom stereocenters. The number of rotatable bonds is 4. The van der Waals surface area contributed by atoms with Crippen LogP contribution in [0.1, 0.15) is 49.4 Å². The Morgan fingerprint density at radius 3 is 2.62 bits per heavy atom. The van der Waals surface area contributed by atoms with Gasteiger partial charge in [-0.25, -0.2) is 18.4 Å². The van der Waals surface area contributed by atoms with Gasteiger partial charge >= 0.3 is 0 Å². The molecule has 6 nitrogen and oxygen atoms in total. The Labute approximate surface area is 138 Å². The Bertz CT molecular complexity index is 744. The van der Waals surface area contributed by atoms with Gasteiger partial charge in [-0.1, -0.05) is 0 Å². The van der Waals surface area contributed by atoms with Crippen LogP contribution in [-0.2, 0) is 0 Å². The van der Waals surface area contributed by atoms with E-state index in [2.05, 4.69) is 20.4 Å². The summed E-state index contributed by atoms with van der Waals surface area (Å²) < 4.78 is 28.3. The molecule has 0 bridgehead atoms. The third kappa shape index (κ3) is 3.53. The quantitative estimate of drug-likeness (QED) is 0.897. The number of hydrogen-bond donors (Lipinski definition) is 2. The fourth-order valence-corrected chi connectivity index (χ4v) is 2.95. The Morgan fingerprint density at radius 2 is 2.08 bits per heavy atom. The summed E-state index contributed by atoms with van der Waals surface area (Å²) in [6, 6.07) is 3.14. The van der Waals surface area contributed by atoms with Gasteiger partial charge in [-0.2, -0.15) is 10.1 Å². The lowest BCUT2D eigenvalue weighted by Crippen LogP contribution is -2.21. The summed E-state index contributed by atoms with van der Waals surface area (Å²) in [7, 11) is 0. The summed E-state index contributed by atoms with van der Waals surface area (Å²) in [5.41, 5.74) is 2.09. The molecule has 0 amide bonds. The Kier molecular flexibility index (Phi) is 4.25. The zero-order chi connectivity index (χ0) is 17.5. The highest BCUT2D eigenvalue weighted by atomic mass is 19.3. The number of aliphatic hydroxyl groups is 1. The molecule has 0 radical (unpaired) electrons. The van der Waals surface area contributed by atoms with Crippen LogP contribution < -0.4 is 5.32 Å². The lowest BCUT2D eigenvalue weighted by molar-refractivity contribution is 0.00851. The van der Waals surface area contributed by atoms with Crippen LogP contribution in [-0.4, -0.2) is 36.8 Å². The first-order chi connectivity index (χ1) is 11.2. The minimum Gasteiger partial charge on any atom is -0.387 e. The van der Waals surface area contributed by atoms with Crippen molar-refractivity contribution in [2.45, 2.75) is 58.1 Å². The lowest BCUT2D eigenvalue weighted by atomic mass is 10.2. The highest BCUT2D eigenvalue weighted by Crippen LogP contribution is 2.36. The predicted octanol–water partition coefficient (Wildman–Crippen LogP) is 2.93. The highest BCUT2D eigenvalue weighted by Gasteiger charge is 2.39. The zero-order valence-electron chi connectivity index (χ0n) is 13.9. The maximum atomic E-state index is 13.4. The van der Waals surface area contributed by atoms with Gasteiger partial charge in [0.05, 0.1) is 17.5 Å². The number of nitrogens with one attached hydrogen (secondary N) is 1. The molecule has 3 rings (SSSR count). The average molecular weight is 337 g/mol. The second-order valence-corrected chi connectivity index (χ2v) is 6.43. The molecule has 1 aliphatic carbocycles. The summed E-state index contributed by atoms with van der Waals surface area (Å²) in [6.45, 7) is 5.34. The van der Waals surface area contributed by atoms with Gasteiger partial charge in [0, 0.05) is 30.6 Å². The molecule has 0 spiro atoms. The van der Waals surface area contributed by atoms with Crippen LogP contribution in [0, 0.1) is 13.8 Å². The van der Waals surface area contributed by atoms with Gasteiger partial charge in [-0.15, -0.1) is 0 Å². The monoisotopic (exact) mass is 337 g/mol. The van der Waals surface area contributed by atoms with Crippen molar-refractivity contribution in [3.05, 3.63) is 29.2 Å². The minimum atomic E-state index is -2.63. The molecule has 2 aromatic rings. The summed E-state index contributed by atoms with van der Waals surface area (Å²) in [5, 5.41) is 17.3. The zero-order valence-corrected chi connectivity index (χ0v) is 13.9. The van der Waals surface area contributed by atoms with Crippen molar-refractivity contribution in [2.24, 2.45) is 0 Å². The van der Waals surface area contributed by atoms with Crippen LogP contribution in [0.2, 0.25) is 0 Å². The second-order valence-electron chi connectivity index (χ2n) is 6.43. The van der Waals surface area contributed by atoms with E-state index in [-0.39, 0.29) is 18.9 Å². The van der Waals surface area contributed by atoms with Crippen LogP contribution in [0.25, 0.3) is 5.95 Å². The van der Waals surface area contributed by atoms with E-state index in [0.29, 0.717) is 23.9 Å². The number of anilines is 1. The van der Waals surface area contributed by atoms with E-state index < -0.39 is 12.0 Å². The molecular formula is C16H21F2N5O. The average Bonchev–Trinajstić information content (AvgIpc) is 3.00. The van der Waals surface area contributed by atoms with E-state index in [1.54, 1.807) is 17.7 Å². The number of aromatic nitrogens is 4. The topological polar surface area (TPSA) is 75.9 Å². The van der Waals surface area contributed by atoms with Gasteiger partial charge in [0.1, 0.15) is 5.82 Å². The molecule has 130 valence electrons. The van der Waals surface area contributed by atoms with Gasteiger partial charge in [-0.05, 0) is 33.3 Å². The van der Waals surface area contributed by atoms with Crippen LogP contribution in [0.15, 0.2) is 12.1 Å². The SMILES string of the molecule is Cc1cc(C)n(-c2nc(NC3CCC(F)(F)C3)cc(C(C)O)n2)n1. The molecule has 2 unspecified atom stereocenters. The molecule has 0 aromatic carbocycles. The van der Waals surface area contributed by atoms with E-state index in [1.807, 2.05) is 19.9 Å². The molecule has 8 heteroatoms. The summed E-state index contributed by atoms with van der Waals surface area (Å²) in [4.78, 5) is 8.73. The molecule has 2 aromatic heterocycles. The van der Waals surface area contributed by atoms with Crippen molar-refractivity contribution in [1.29, 1.82) is 0 Å². The normalized spacial score (nSPS) is 21.0. The van der Waals surface area contributed by atoms with Crippen LogP contribution in [0.5, 0.6) is 0 Å². The second kappa shape index (κ2) is 6.08. The van der Waals surface area contributed by atoms with Crippen molar-refractivity contribution >= 4 is 5.82 Å². The van der Waals surface area contributed by atoms with Crippen LogP contribution >= 0.6 is 0 Å². The Balaban J connectivity index is 1.93. The third-order valence-electron chi connectivity index (χ3n) is 4.12. The molecule has 2 heterocycles. The van der Waals surface area contributed by atoms with E-state index in [9.17, 15) is 13.9 Å². The Morgan fingerprint density at radius 1 is 1.33 bits per heavy atom. The van der Waals surface area contributed by atoms with Crippen LogP contribution in [0.3, 0.4) is 0 Å². The van der Waals surface area contributed by atoms with Crippen molar-refractivity contribution in [1.82, 2.24) is 19.7 Å². The maximum absolute atomic E-state index is 13.4. The summed E-state index contributed by atoms with van der Waals surface area (Å²) in [5.74, 6) is -1.89. The van der Waals surface area contributed by atoms with Crippen LogP contribution in [0.4, 0.5) is 14.6 Å². The largest absolute Gasteiger partial charge is 0.387 e. The molecule has 0 saturated heterocycles. The van der Waals surface area contributed by atoms with E-state index >= 15 is 0 Å². The molecule has 0 aliphatic heterocycles. The number of aliphatic hydroxyl groups excluding tert-OH is 1. The molecule has 2 N–H and O–H groups in total. The minimum absolute atomic E-state index is 0.122. The van der Waals surface area contributed by atoms with Crippen molar-refractivity contribution in [3.8, 4) is 5.95 Å². The Hall–Kier alpha value is -2.09. The standard InChI is InChI=1S/C16H21F2N5O/c1-9-6-10(2)23(22-9)15-20-13(11(3)24)7-14(21-15)19-12-4-5-16(17,18)8-12/h6-7,11-12,24H,4-5,8H2,1-3H3,(H,19,20,21). The van der Waals surface area contributed by atoms with E-state index in [0.717, 1.165) is 11.4 Å². The van der Waals surface area contributed by atoms with E-state index in [4.69, 9.17) is 0 Å². The number of nitrogens with zero attached hydrogens (tertiary/aromatic N) is 4. The van der Waals surface area contributed by atoms with Gasteiger partial charge in [0.2, 0.25) is 5.92 Å². The first-order valence-electron chi connectivity index (χ1n) is 7.98. The molecule has 1 fully saturated rings. The van der Waals surface area contributed by atoms with Crippen molar-refractivity contribution < 1.29 is 13.9 Å². The van der Waals surface area contributed by atoms with Gasteiger partial charge in [0.25, 0.3) is 5.95 Å². The van der Waals surface area contributed by atoms with Crippen molar-refractivity contribution in [3.63, 3.8) is 0 Å². The fraction of sp³-hybridized carbons (Fsp3) is 0.562.